The molecule has 2 atom stereocenters. The van der Waals surface area contributed by atoms with Crippen LogP contribution < -0.4 is 9.47 Å². The first kappa shape index (κ1) is 17.8. The Bertz CT molecular complexity index is 667. The van der Waals surface area contributed by atoms with E-state index in [4.69, 9.17) is 14.2 Å². The number of carbonyl (C=O) groups is 1. The lowest BCUT2D eigenvalue weighted by Crippen LogP contribution is -2.25. The normalized spacial score (nSPS) is 13.0. The second-order valence-corrected chi connectivity index (χ2v) is 5.52. The summed E-state index contributed by atoms with van der Waals surface area (Å²) in [6, 6.07) is 14.6. The number of benzene rings is 2. The van der Waals surface area contributed by atoms with Gasteiger partial charge >= 0.3 is 5.97 Å². The van der Waals surface area contributed by atoms with Gasteiger partial charge in [0.2, 0.25) is 0 Å². The zero-order valence-corrected chi connectivity index (χ0v) is 14.1. The van der Waals surface area contributed by atoms with Crippen molar-refractivity contribution in [2.45, 2.75) is 32.7 Å². The number of aliphatic hydroxyl groups excluding tert-OH is 1. The monoisotopic (exact) mass is 330 g/mol. The highest BCUT2D eigenvalue weighted by Crippen LogP contribution is 2.25. The fraction of sp³-hybridized carbons (Fsp3) is 0.316. The maximum Gasteiger partial charge on any atom is 0.338 e. The van der Waals surface area contributed by atoms with Gasteiger partial charge in [0.15, 0.2) is 0 Å². The number of carbonyl (C=O) groups excluding carboxylic acids is 1. The molecule has 2 aromatic carbocycles. The summed E-state index contributed by atoms with van der Waals surface area (Å²) < 4.78 is 16.2. The first-order chi connectivity index (χ1) is 11.5. The molecule has 0 aliphatic rings. The van der Waals surface area contributed by atoms with Gasteiger partial charge in [-0.1, -0.05) is 30.3 Å². The lowest BCUT2D eigenvalue weighted by Gasteiger charge is -2.18. The molecule has 0 bridgehead atoms. The lowest BCUT2D eigenvalue weighted by molar-refractivity contribution is 0.0579. The summed E-state index contributed by atoms with van der Waals surface area (Å²) in [4.78, 5) is 11.8. The second kappa shape index (κ2) is 8.36. The molecule has 128 valence electrons. The van der Waals surface area contributed by atoms with Gasteiger partial charge in [0.05, 0.1) is 18.8 Å². The van der Waals surface area contributed by atoms with Crippen LogP contribution >= 0.6 is 0 Å². The van der Waals surface area contributed by atoms with E-state index in [-0.39, 0.29) is 0 Å². The average molecular weight is 330 g/mol. The molecule has 0 aromatic heterocycles. The number of rotatable bonds is 7. The Morgan fingerprint density at radius 2 is 1.75 bits per heavy atom. The minimum absolute atomic E-state index is 0.329. The van der Waals surface area contributed by atoms with Crippen molar-refractivity contribution < 1.29 is 24.1 Å². The molecule has 0 spiro atoms. The van der Waals surface area contributed by atoms with E-state index < -0.39 is 18.2 Å². The van der Waals surface area contributed by atoms with Crippen molar-refractivity contribution in [2.24, 2.45) is 0 Å². The summed E-state index contributed by atoms with van der Waals surface area (Å²) in [7, 11) is 1.32. The fourth-order valence-corrected chi connectivity index (χ4v) is 2.01. The van der Waals surface area contributed by atoms with E-state index in [1.807, 2.05) is 30.3 Å². The van der Waals surface area contributed by atoms with E-state index in [0.29, 0.717) is 23.7 Å². The summed E-state index contributed by atoms with van der Waals surface area (Å²) in [6.07, 6.45) is -1.06. The van der Waals surface area contributed by atoms with E-state index >= 15 is 0 Å². The third-order valence-corrected chi connectivity index (χ3v) is 3.55. The van der Waals surface area contributed by atoms with Crippen LogP contribution in [-0.2, 0) is 11.3 Å². The Hall–Kier alpha value is -2.53. The van der Waals surface area contributed by atoms with E-state index in [1.54, 1.807) is 32.0 Å². The maximum atomic E-state index is 11.8. The molecule has 24 heavy (non-hydrogen) atoms. The van der Waals surface area contributed by atoms with Crippen LogP contribution in [0.4, 0.5) is 0 Å². The Morgan fingerprint density at radius 1 is 1.08 bits per heavy atom. The zero-order chi connectivity index (χ0) is 17.5. The van der Waals surface area contributed by atoms with Crippen LogP contribution in [0.1, 0.15) is 29.8 Å². The van der Waals surface area contributed by atoms with Gasteiger partial charge in [-0.15, -0.1) is 0 Å². The van der Waals surface area contributed by atoms with Gasteiger partial charge in [-0.2, -0.15) is 0 Å². The topological polar surface area (TPSA) is 65.0 Å². The molecule has 0 amide bonds. The average Bonchev–Trinajstić information content (AvgIpc) is 2.59. The van der Waals surface area contributed by atoms with Crippen LogP contribution in [0.5, 0.6) is 11.5 Å². The van der Waals surface area contributed by atoms with E-state index in [1.165, 1.54) is 7.11 Å². The zero-order valence-electron chi connectivity index (χ0n) is 14.1. The Labute approximate surface area is 141 Å². The third-order valence-electron chi connectivity index (χ3n) is 3.55. The van der Waals surface area contributed by atoms with Gasteiger partial charge in [0.25, 0.3) is 0 Å². The van der Waals surface area contributed by atoms with E-state index in [0.717, 1.165) is 5.56 Å². The van der Waals surface area contributed by atoms with Gasteiger partial charge in [0.1, 0.15) is 24.2 Å². The summed E-state index contributed by atoms with van der Waals surface area (Å²) >= 11 is 0. The number of methoxy groups -OCH3 is 1. The number of hydrogen-bond donors (Lipinski definition) is 1. The van der Waals surface area contributed by atoms with Crippen molar-refractivity contribution in [3.8, 4) is 11.5 Å². The van der Waals surface area contributed by atoms with E-state index in [2.05, 4.69) is 0 Å². The van der Waals surface area contributed by atoms with E-state index in [9.17, 15) is 9.90 Å². The first-order valence-electron chi connectivity index (χ1n) is 7.74. The van der Waals surface area contributed by atoms with Crippen LogP contribution in [0, 0.1) is 0 Å². The molecular weight excluding hydrogens is 308 g/mol. The second-order valence-electron chi connectivity index (χ2n) is 5.52. The highest BCUT2D eigenvalue weighted by atomic mass is 16.5. The molecule has 0 fully saturated rings. The van der Waals surface area contributed by atoms with Crippen LogP contribution in [-0.4, -0.2) is 30.4 Å². The molecule has 0 aliphatic heterocycles. The molecule has 0 radical (unpaired) electrons. The summed E-state index contributed by atoms with van der Waals surface area (Å²) in [5.74, 6) is 0.457. The molecular formula is C19H22O5. The molecule has 0 unspecified atom stereocenters. The highest BCUT2D eigenvalue weighted by Gasteiger charge is 2.15. The van der Waals surface area contributed by atoms with Crippen LogP contribution in [0.15, 0.2) is 48.5 Å². The molecule has 5 heteroatoms. The van der Waals surface area contributed by atoms with Crippen molar-refractivity contribution in [3.05, 3.63) is 59.7 Å². The number of hydrogen-bond acceptors (Lipinski definition) is 5. The molecule has 1 N–H and O–H groups in total. The van der Waals surface area contributed by atoms with Gasteiger partial charge in [-0.3, -0.25) is 0 Å². The van der Waals surface area contributed by atoms with Crippen molar-refractivity contribution in [2.75, 3.05) is 7.11 Å². The molecule has 0 saturated heterocycles. The third kappa shape index (κ3) is 4.99. The highest BCUT2D eigenvalue weighted by molar-refractivity contribution is 5.90. The Morgan fingerprint density at radius 3 is 2.38 bits per heavy atom. The molecule has 5 nitrogen and oxygen atoms in total. The molecule has 2 aromatic rings. The van der Waals surface area contributed by atoms with Gasteiger partial charge in [-0.25, -0.2) is 4.79 Å². The number of aliphatic hydroxyl groups is 1. The standard InChI is InChI=1S/C19H22O5/c1-13(20)14(2)24-18-10-16(19(21)22-3)9-17(11-18)23-12-15-7-5-4-6-8-15/h4-11,13-14,20H,12H2,1-3H3/t13-,14-/m0/s1. The van der Waals surface area contributed by atoms with Gasteiger partial charge < -0.3 is 19.3 Å². The molecule has 0 heterocycles. The minimum Gasteiger partial charge on any atom is -0.489 e. The Kier molecular flexibility index (Phi) is 6.21. The van der Waals surface area contributed by atoms with Crippen molar-refractivity contribution in [3.63, 3.8) is 0 Å². The van der Waals surface area contributed by atoms with Crippen molar-refractivity contribution in [1.82, 2.24) is 0 Å². The summed E-state index contributed by atoms with van der Waals surface area (Å²) in [5.41, 5.74) is 1.34. The van der Waals surface area contributed by atoms with Crippen LogP contribution in [0.2, 0.25) is 0 Å². The van der Waals surface area contributed by atoms with Crippen LogP contribution in [0.25, 0.3) is 0 Å². The van der Waals surface area contributed by atoms with Crippen molar-refractivity contribution in [1.29, 1.82) is 0 Å². The lowest BCUT2D eigenvalue weighted by atomic mass is 10.2. The molecule has 0 aliphatic carbocycles. The summed E-state index contributed by atoms with van der Waals surface area (Å²) in [6.45, 7) is 3.76. The van der Waals surface area contributed by atoms with Gasteiger partial charge in [-0.05, 0) is 31.5 Å². The predicted octanol–water partition coefficient (Wildman–Crippen LogP) is 3.20. The summed E-state index contributed by atoms with van der Waals surface area (Å²) in [5, 5.41) is 9.58. The van der Waals surface area contributed by atoms with Crippen LogP contribution in [0.3, 0.4) is 0 Å². The first-order valence-corrected chi connectivity index (χ1v) is 7.74. The van der Waals surface area contributed by atoms with Gasteiger partial charge in [0, 0.05) is 6.07 Å². The maximum absolute atomic E-state index is 11.8. The smallest absolute Gasteiger partial charge is 0.338 e. The largest absolute Gasteiger partial charge is 0.489 e. The number of esters is 1. The number of ether oxygens (including phenoxy) is 3. The quantitative estimate of drug-likeness (QED) is 0.790. The minimum atomic E-state index is -0.638. The van der Waals surface area contributed by atoms with Crippen molar-refractivity contribution >= 4 is 5.97 Å². The predicted molar refractivity (Wildman–Crippen MR) is 90.3 cm³/mol. The Balaban J connectivity index is 2.20. The molecule has 0 saturated carbocycles. The molecule has 2 rings (SSSR count). The fourth-order valence-electron chi connectivity index (χ4n) is 2.01. The SMILES string of the molecule is COC(=O)c1cc(OCc2ccccc2)cc(O[C@@H](C)[C@H](C)O)c1.